The van der Waals surface area contributed by atoms with E-state index in [1.54, 1.807) is 4.90 Å². The van der Waals surface area contributed by atoms with Crippen LogP contribution in [-0.4, -0.2) is 42.1 Å². The number of likely N-dealkylation sites (N-methyl/N-ethyl adjacent to an activating group) is 2. The molecule has 1 aromatic carbocycles. The lowest BCUT2D eigenvalue weighted by Gasteiger charge is -2.20. The van der Waals surface area contributed by atoms with Gasteiger partial charge in [0.1, 0.15) is 0 Å². The number of hydrogen-bond donors (Lipinski definition) is 1. The van der Waals surface area contributed by atoms with Crippen molar-refractivity contribution in [2.45, 2.75) is 32.6 Å². The third-order valence-corrected chi connectivity index (χ3v) is 5.25. The Labute approximate surface area is 145 Å². The van der Waals surface area contributed by atoms with Gasteiger partial charge in [-0.3, -0.25) is 9.59 Å². The van der Waals surface area contributed by atoms with Crippen LogP contribution in [0.5, 0.6) is 0 Å². The predicted octanol–water partition coefficient (Wildman–Crippen LogP) is 3.14. The van der Waals surface area contributed by atoms with Crippen LogP contribution in [0.3, 0.4) is 0 Å². The second-order valence-electron chi connectivity index (χ2n) is 5.02. The summed E-state index contributed by atoms with van der Waals surface area (Å²) in [5, 5.41) is 2.72. The van der Waals surface area contributed by atoms with Gasteiger partial charge in [-0.1, -0.05) is 15.9 Å². The SMILES string of the molecule is CCNC(=O)CN(CC)C(=O)CSc1cc(C)c(Br)cc1C. The van der Waals surface area contributed by atoms with Crippen molar-refractivity contribution in [2.75, 3.05) is 25.4 Å². The summed E-state index contributed by atoms with van der Waals surface area (Å²) in [5.74, 6) is 0.215. The summed E-state index contributed by atoms with van der Waals surface area (Å²) >= 11 is 5.03. The number of halogens is 1. The Morgan fingerprint density at radius 1 is 1.23 bits per heavy atom. The van der Waals surface area contributed by atoms with E-state index in [2.05, 4.69) is 33.4 Å². The Balaban J connectivity index is 2.64. The molecule has 0 bridgehead atoms. The number of thioether (sulfide) groups is 1. The van der Waals surface area contributed by atoms with Gasteiger partial charge in [0.05, 0.1) is 12.3 Å². The molecule has 0 fully saturated rings. The maximum Gasteiger partial charge on any atom is 0.239 e. The lowest BCUT2D eigenvalue weighted by molar-refractivity contribution is -0.133. The number of benzene rings is 1. The second-order valence-corrected chi connectivity index (χ2v) is 6.89. The van der Waals surface area contributed by atoms with E-state index < -0.39 is 0 Å². The molecule has 0 atom stereocenters. The van der Waals surface area contributed by atoms with E-state index >= 15 is 0 Å². The topological polar surface area (TPSA) is 49.4 Å². The number of carbonyl (C=O) groups is 2. The first-order valence-corrected chi connectivity index (χ1v) is 9.10. The van der Waals surface area contributed by atoms with Gasteiger partial charge in [-0.25, -0.2) is 0 Å². The smallest absolute Gasteiger partial charge is 0.239 e. The molecule has 0 aliphatic rings. The van der Waals surface area contributed by atoms with Gasteiger partial charge in [0.25, 0.3) is 0 Å². The molecule has 2 amide bonds. The largest absolute Gasteiger partial charge is 0.355 e. The van der Waals surface area contributed by atoms with Crippen LogP contribution in [0.1, 0.15) is 25.0 Å². The van der Waals surface area contributed by atoms with E-state index in [0.29, 0.717) is 18.8 Å². The fourth-order valence-electron chi connectivity index (χ4n) is 1.94. The van der Waals surface area contributed by atoms with E-state index in [0.717, 1.165) is 20.5 Å². The zero-order chi connectivity index (χ0) is 16.7. The molecule has 1 aromatic rings. The maximum absolute atomic E-state index is 12.3. The second kappa shape index (κ2) is 9.20. The predicted molar refractivity (Wildman–Crippen MR) is 95.3 cm³/mol. The molecule has 1 N–H and O–H groups in total. The van der Waals surface area contributed by atoms with Gasteiger partial charge >= 0.3 is 0 Å². The maximum atomic E-state index is 12.3. The number of carbonyl (C=O) groups excluding carboxylic acids is 2. The molecule has 0 radical (unpaired) electrons. The number of nitrogens with zero attached hydrogens (tertiary/aromatic N) is 1. The molecule has 122 valence electrons. The molecule has 0 spiro atoms. The highest BCUT2D eigenvalue weighted by molar-refractivity contribution is 9.10. The number of rotatable bonds is 7. The van der Waals surface area contributed by atoms with Crippen molar-refractivity contribution in [3.8, 4) is 0 Å². The molecule has 0 saturated heterocycles. The van der Waals surface area contributed by atoms with Crippen molar-refractivity contribution in [3.05, 3.63) is 27.7 Å². The minimum Gasteiger partial charge on any atom is -0.355 e. The van der Waals surface area contributed by atoms with Crippen molar-refractivity contribution in [2.24, 2.45) is 0 Å². The molecule has 6 heteroatoms. The average Bonchev–Trinajstić information content (AvgIpc) is 2.47. The molecule has 0 heterocycles. The van der Waals surface area contributed by atoms with E-state index in [1.807, 2.05) is 27.7 Å². The Kier molecular flexibility index (Phi) is 7.96. The number of hydrogen-bond acceptors (Lipinski definition) is 3. The summed E-state index contributed by atoms with van der Waals surface area (Å²) in [4.78, 5) is 26.6. The van der Waals surface area contributed by atoms with Crippen LogP contribution in [0.15, 0.2) is 21.5 Å². The van der Waals surface area contributed by atoms with Gasteiger partial charge in [-0.2, -0.15) is 0 Å². The Hall–Kier alpha value is -1.01. The van der Waals surface area contributed by atoms with E-state index in [1.165, 1.54) is 11.8 Å². The molecule has 1 rings (SSSR count). The number of nitrogens with one attached hydrogen (secondary N) is 1. The first kappa shape index (κ1) is 19.0. The van der Waals surface area contributed by atoms with Crippen molar-refractivity contribution >= 4 is 39.5 Å². The minimum atomic E-state index is -0.113. The molecule has 0 saturated carbocycles. The van der Waals surface area contributed by atoms with Gasteiger partial charge in [0.15, 0.2) is 0 Å². The van der Waals surface area contributed by atoms with Crippen LogP contribution in [-0.2, 0) is 9.59 Å². The number of amides is 2. The van der Waals surface area contributed by atoms with Crippen LogP contribution < -0.4 is 5.32 Å². The van der Waals surface area contributed by atoms with Crippen molar-refractivity contribution in [3.63, 3.8) is 0 Å². The normalized spacial score (nSPS) is 10.4. The van der Waals surface area contributed by atoms with Crippen LogP contribution in [0.25, 0.3) is 0 Å². The molecular formula is C16H23BrN2O2S. The molecular weight excluding hydrogens is 364 g/mol. The summed E-state index contributed by atoms with van der Waals surface area (Å²) < 4.78 is 1.08. The van der Waals surface area contributed by atoms with Crippen molar-refractivity contribution < 1.29 is 9.59 Å². The quantitative estimate of drug-likeness (QED) is 0.732. The average molecular weight is 387 g/mol. The van der Waals surface area contributed by atoms with Crippen LogP contribution in [0.4, 0.5) is 0 Å². The summed E-state index contributed by atoms with van der Waals surface area (Å²) in [6.45, 7) is 9.06. The first-order chi connectivity index (χ1) is 10.4. The van der Waals surface area contributed by atoms with E-state index in [-0.39, 0.29) is 18.4 Å². The molecule has 22 heavy (non-hydrogen) atoms. The van der Waals surface area contributed by atoms with Gasteiger partial charge in [0.2, 0.25) is 11.8 Å². The highest BCUT2D eigenvalue weighted by Gasteiger charge is 2.16. The van der Waals surface area contributed by atoms with Crippen LogP contribution in [0.2, 0.25) is 0 Å². The van der Waals surface area contributed by atoms with Crippen molar-refractivity contribution in [1.29, 1.82) is 0 Å². The van der Waals surface area contributed by atoms with Crippen molar-refractivity contribution in [1.82, 2.24) is 10.2 Å². The van der Waals surface area contributed by atoms with Crippen LogP contribution in [0, 0.1) is 13.8 Å². The Morgan fingerprint density at radius 2 is 1.91 bits per heavy atom. The summed E-state index contributed by atoms with van der Waals surface area (Å²) in [7, 11) is 0. The molecule has 0 aliphatic heterocycles. The lowest BCUT2D eigenvalue weighted by Crippen LogP contribution is -2.41. The summed E-state index contributed by atoms with van der Waals surface area (Å²) in [6, 6.07) is 4.14. The van der Waals surface area contributed by atoms with E-state index in [4.69, 9.17) is 0 Å². The third kappa shape index (κ3) is 5.65. The third-order valence-electron chi connectivity index (χ3n) is 3.25. The zero-order valence-corrected chi connectivity index (χ0v) is 15.9. The monoisotopic (exact) mass is 386 g/mol. The lowest BCUT2D eigenvalue weighted by atomic mass is 10.2. The minimum absolute atomic E-state index is 0.0151. The number of aryl methyl sites for hydroxylation is 2. The van der Waals surface area contributed by atoms with Gasteiger partial charge in [-0.15, -0.1) is 11.8 Å². The fourth-order valence-corrected chi connectivity index (χ4v) is 3.41. The zero-order valence-electron chi connectivity index (χ0n) is 13.5. The highest BCUT2D eigenvalue weighted by atomic mass is 79.9. The standard InChI is InChI=1S/C16H23BrN2O2S/c1-5-18-15(20)9-19(6-2)16(21)10-22-14-8-11(3)13(17)7-12(14)4/h7-8H,5-6,9-10H2,1-4H3,(H,18,20). The van der Waals surface area contributed by atoms with Gasteiger partial charge in [0, 0.05) is 22.5 Å². The van der Waals surface area contributed by atoms with E-state index in [9.17, 15) is 9.59 Å². The van der Waals surface area contributed by atoms with Gasteiger partial charge < -0.3 is 10.2 Å². The molecule has 0 aliphatic carbocycles. The molecule has 0 unspecified atom stereocenters. The molecule has 4 nitrogen and oxygen atoms in total. The summed E-state index contributed by atoms with van der Waals surface area (Å²) in [5.41, 5.74) is 2.29. The Bertz CT molecular complexity index is 549. The molecule has 0 aromatic heterocycles. The van der Waals surface area contributed by atoms with Crippen LogP contribution >= 0.6 is 27.7 Å². The summed E-state index contributed by atoms with van der Waals surface area (Å²) in [6.07, 6.45) is 0. The van der Waals surface area contributed by atoms with Gasteiger partial charge in [-0.05, 0) is 51.0 Å². The highest BCUT2D eigenvalue weighted by Crippen LogP contribution is 2.28. The fraction of sp³-hybridized carbons (Fsp3) is 0.500. The Morgan fingerprint density at radius 3 is 2.50 bits per heavy atom. The first-order valence-electron chi connectivity index (χ1n) is 7.33.